The van der Waals surface area contributed by atoms with Crippen LogP contribution in [0.5, 0.6) is 5.75 Å². The van der Waals surface area contributed by atoms with E-state index in [0.717, 1.165) is 16.5 Å². The summed E-state index contributed by atoms with van der Waals surface area (Å²) in [5.74, 6) is 1.60. The lowest BCUT2D eigenvalue weighted by Gasteiger charge is -2.18. The number of rotatable bonds is 14. The van der Waals surface area contributed by atoms with Gasteiger partial charge in [0.25, 0.3) is 0 Å². The summed E-state index contributed by atoms with van der Waals surface area (Å²) in [6.07, 6.45) is 7.12. The van der Waals surface area contributed by atoms with Crippen LogP contribution in [0, 0.1) is 5.92 Å². The summed E-state index contributed by atoms with van der Waals surface area (Å²) in [7, 11) is 3.23. The number of benzene rings is 2. The molecule has 1 amide bonds. The predicted molar refractivity (Wildman–Crippen MR) is 144 cm³/mol. The molecule has 0 unspecified atom stereocenters. The van der Waals surface area contributed by atoms with Crippen LogP contribution in [0.2, 0.25) is 0 Å². The number of ether oxygens (including phenoxy) is 2. The largest absolute Gasteiger partial charge is 0.491 e. The molecule has 0 radical (unpaired) electrons. The molecule has 1 heterocycles. The number of amides is 1. The van der Waals surface area contributed by atoms with E-state index < -0.39 is 0 Å². The third-order valence-electron chi connectivity index (χ3n) is 6.20. The molecule has 2 aromatic carbocycles. The molecule has 0 spiro atoms. The Labute approximate surface area is 217 Å². The van der Waals surface area contributed by atoms with Gasteiger partial charge in [0, 0.05) is 43.8 Å². The minimum Gasteiger partial charge on any atom is -0.491 e. The van der Waals surface area contributed by atoms with Gasteiger partial charge in [-0.15, -0.1) is 0 Å². The monoisotopic (exact) mass is 505 g/mol. The molecule has 196 valence electrons. The number of nitrogens with zero attached hydrogens (tertiary/aromatic N) is 3. The van der Waals surface area contributed by atoms with Crippen molar-refractivity contribution < 1.29 is 19.1 Å². The van der Waals surface area contributed by atoms with Crippen LogP contribution < -0.4 is 15.4 Å². The molecule has 1 fully saturated rings. The van der Waals surface area contributed by atoms with Crippen molar-refractivity contribution in [2.75, 3.05) is 51.2 Å². The molecule has 4 rings (SSSR count). The van der Waals surface area contributed by atoms with Crippen molar-refractivity contribution in [1.82, 2.24) is 15.0 Å². The van der Waals surface area contributed by atoms with Crippen LogP contribution >= 0.6 is 0 Å². The molecule has 3 aromatic rings. The Morgan fingerprint density at radius 3 is 2.73 bits per heavy atom. The number of aromatic nitrogens is 2. The van der Waals surface area contributed by atoms with Gasteiger partial charge in [0.15, 0.2) is 0 Å². The van der Waals surface area contributed by atoms with E-state index in [-0.39, 0.29) is 11.9 Å². The van der Waals surface area contributed by atoms with Gasteiger partial charge < -0.3 is 24.9 Å². The second-order valence-corrected chi connectivity index (χ2v) is 9.07. The van der Waals surface area contributed by atoms with Crippen molar-refractivity contribution in [1.29, 1.82) is 0 Å². The smallest absolute Gasteiger partial charge is 0.248 e. The average Bonchev–Trinajstić information content (AvgIpc) is 3.75. The normalized spacial score (nSPS) is 14.3. The zero-order valence-electron chi connectivity index (χ0n) is 21.6. The Bertz CT molecular complexity index is 1200. The van der Waals surface area contributed by atoms with Gasteiger partial charge in [0.1, 0.15) is 17.9 Å². The second-order valence-electron chi connectivity index (χ2n) is 9.07. The van der Waals surface area contributed by atoms with Crippen molar-refractivity contribution in [3.8, 4) is 5.75 Å². The average molecular weight is 506 g/mol. The maximum Gasteiger partial charge on any atom is 0.248 e. The summed E-state index contributed by atoms with van der Waals surface area (Å²) in [5.41, 5.74) is 2.47. The molecular formula is C28H35N5O4. The summed E-state index contributed by atoms with van der Waals surface area (Å²) >= 11 is 0. The maximum absolute atomic E-state index is 12.8. The van der Waals surface area contributed by atoms with E-state index in [9.17, 15) is 4.79 Å². The standard InChI is InChI=1S/C28H35N5O4/c1-20(22-8-5-4-6-9-22)31-28-23-16-25(32-27(34)10-7-13-33(36-3)14-15-35-2)26(37-18-21-11-12-21)17-24(23)29-19-30-28/h4-10,16-17,19-21H,11-15,18H2,1-3H3,(H,32,34)(H,29,30,31)/t20-/m1/s1. The molecule has 0 saturated heterocycles. The lowest BCUT2D eigenvalue weighted by Crippen LogP contribution is -2.26. The van der Waals surface area contributed by atoms with E-state index in [1.165, 1.54) is 18.9 Å². The second kappa shape index (κ2) is 13.1. The zero-order valence-corrected chi connectivity index (χ0v) is 21.6. The summed E-state index contributed by atoms with van der Waals surface area (Å²) < 4.78 is 11.2. The highest BCUT2D eigenvalue weighted by atomic mass is 16.7. The molecule has 1 atom stereocenters. The van der Waals surface area contributed by atoms with Crippen molar-refractivity contribution in [2.24, 2.45) is 5.92 Å². The molecule has 1 aliphatic rings. The number of carbonyl (C=O) groups is 1. The number of carbonyl (C=O) groups excluding carboxylic acids is 1. The zero-order chi connectivity index (χ0) is 26.0. The van der Waals surface area contributed by atoms with Gasteiger partial charge in [-0.05, 0) is 37.3 Å². The first kappa shape index (κ1) is 26.5. The molecule has 0 bridgehead atoms. The van der Waals surface area contributed by atoms with Crippen LogP contribution in [0.4, 0.5) is 11.5 Å². The van der Waals surface area contributed by atoms with E-state index in [2.05, 4.69) is 39.7 Å². The lowest BCUT2D eigenvalue weighted by molar-refractivity contribution is -0.130. The summed E-state index contributed by atoms with van der Waals surface area (Å²) in [5, 5.41) is 8.96. The minimum atomic E-state index is -0.262. The van der Waals surface area contributed by atoms with Crippen molar-refractivity contribution in [3.05, 3.63) is 66.5 Å². The first-order valence-electron chi connectivity index (χ1n) is 12.6. The third-order valence-corrected chi connectivity index (χ3v) is 6.20. The number of hydrogen-bond donors (Lipinski definition) is 2. The van der Waals surface area contributed by atoms with Crippen LogP contribution in [-0.2, 0) is 14.4 Å². The van der Waals surface area contributed by atoms with Gasteiger partial charge >= 0.3 is 0 Å². The number of hydrogen-bond acceptors (Lipinski definition) is 8. The fraction of sp³-hybridized carbons (Fsp3) is 0.393. The minimum absolute atomic E-state index is 0.0351. The quantitative estimate of drug-likeness (QED) is 0.242. The lowest BCUT2D eigenvalue weighted by atomic mass is 10.1. The highest BCUT2D eigenvalue weighted by Gasteiger charge is 2.23. The Morgan fingerprint density at radius 1 is 1.19 bits per heavy atom. The van der Waals surface area contributed by atoms with Crippen LogP contribution in [0.3, 0.4) is 0 Å². The van der Waals surface area contributed by atoms with Crippen molar-refractivity contribution in [2.45, 2.75) is 25.8 Å². The van der Waals surface area contributed by atoms with E-state index >= 15 is 0 Å². The molecule has 2 N–H and O–H groups in total. The fourth-order valence-corrected chi connectivity index (χ4v) is 3.84. The Hall–Kier alpha value is -3.53. The fourth-order valence-electron chi connectivity index (χ4n) is 3.84. The highest BCUT2D eigenvalue weighted by molar-refractivity contribution is 6.03. The number of hydroxylamine groups is 2. The number of fused-ring (bicyclic) bond motifs is 1. The van der Waals surface area contributed by atoms with Crippen LogP contribution in [-0.4, -0.2) is 61.5 Å². The van der Waals surface area contributed by atoms with E-state index in [1.807, 2.05) is 30.3 Å². The molecule has 1 aliphatic carbocycles. The van der Waals surface area contributed by atoms with Gasteiger partial charge in [-0.2, -0.15) is 5.06 Å². The van der Waals surface area contributed by atoms with Gasteiger partial charge in [0.2, 0.25) is 5.91 Å². The summed E-state index contributed by atoms with van der Waals surface area (Å²) in [6.45, 7) is 4.29. The first-order valence-corrected chi connectivity index (χ1v) is 12.6. The molecule has 37 heavy (non-hydrogen) atoms. The molecule has 1 aromatic heterocycles. The first-order chi connectivity index (χ1) is 18.1. The predicted octanol–water partition coefficient (Wildman–Crippen LogP) is 4.60. The van der Waals surface area contributed by atoms with Crippen LogP contribution in [0.25, 0.3) is 10.9 Å². The van der Waals surface area contributed by atoms with Gasteiger partial charge in [0.05, 0.1) is 31.5 Å². The topological polar surface area (TPSA) is 97.8 Å². The molecule has 9 nitrogen and oxygen atoms in total. The third kappa shape index (κ3) is 7.72. The van der Waals surface area contributed by atoms with Crippen LogP contribution in [0.15, 0.2) is 60.9 Å². The summed E-state index contributed by atoms with van der Waals surface area (Å²) in [6, 6.07) is 14.0. The molecule has 1 saturated carbocycles. The van der Waals surface area contributed by atoms with Crippen molar-refractivity contribution >= 4 is 28.3 Å². The van der Waals surface area contributed by atoms with E-state index in [4.69, 9.17) is 14.3 Å². The van der Waals surface area contributed by atoms with Gasteiger partial charge in [-0.1, -0.05) is 36.4 Å². The molecular weight excluding hydrogens is 470 g/mol. The maximum atomic E-state index is 12.8. The van der Waals surface area contributed by atoms with E-state index in [0.29, 0.717) is 49.5 Å². The van der Waals surface area contributed by atoms with E-state index in [1.54, 1.807) is 31.7 Å². The van der Waals surface area contributed by atoms with Gasteiger partial charge in [-0.3, -0.25) is 4.79 Å². The molecule has 9 heteroatoms. The molecule has 0 aliphatic heterocycles. The SMILES string of the molecule is COCCN(CC=CC(=O)Nc1cc2c(N[C@H](C)c3ccccc3)ncnc2cc1OCC1CC1)OC. The number of nitrogens with one attached hydrogen (secondary N) is 2. The number of anilines is 2. The highest BCUT2D eigenvalue weighted by Crippen LogP contribution is 2.36. The van der Waals surface area contributed by atoms with Gasteiger partial charge in [-0.25, -0.2) is 9.97 Å². The van der Waals surface area contributed by atoms with Crippen LogP contribution in [0.1, 0.15) is 31.4 Å². The Kier molecular flexibility index (Phi) is 9.42. The number of methoxy groups -OCH3 is 1. The summed E-state index contributed by atoms with van der Waals surface area (Å²) in [4.78, 5) is 27.0. The Balaban J connectivity index is 1.54. The Morgan fingerprint density at radius 2 is 2.00 bits per heavy atom. The van der Waals surface area contributed by atoms with Crippen molar-refractivity contribution in [3.63, 3.8) is 0 Å².